The van der Waals surface area contributed by atoms with Crippen molar-refractivity contribution in [3.63, 3.8) is 0 Å². The summed E-state index contributed by atoms with van der Waals surface area (Å²) in [6.07, 6.45) is 2.93. The molecule has 1 saturated heterocycles. The molecule has 1 atom stereocenters. The zero-order valence-corrected chi connectivity index (χ0v) is 20.6. The molecule has 1 heterocycles. The first-order valence-corrected chi connectivity index (χ1v) is 12.8. The molecule has 2 amide bonds. The number of carbonyl (C=O) groups excluding carboxylic acids is 2. The van der Waals surface area contributed by atoms with Gasteiger partial charge in [0, 0.05) is 24.8 Å². The lowest BCUT2D eigenvalue weighted by Crippen LogP contribution is -2.46. The summed E-state index contributed by atoms with van der Waals surface area (Å²) in [5.41, 5.74) is 3.98. The van der Waals surface area contributed by atoms with Crippen LogP contribution in [0.25, 0.3) is 0 Å². The molecule has 1 aliphatic heterocycles. The summed E-state index contributed by atoms with van der Waals surface area (Å²) in [4.78, 5) is 24.9. The van der Waals surface area contributed by atoms with Crippen molar-refractivity contribution in [3.8, 4) is 0 Å². The normalized spacial score (nSPS) is 16.9. The molecule has 2 N–H and O–H groups in total. The molecule has 33 heavy (non-hydrogen) atoms. The smallest absolute Gasteiger partial charge is 0.313 e. The minimum absolute atomic E-state index is 0.219. The second kappa shape index (κ2) is 10.5. The third-order valence-electron chi connectivity index (χ3n) is 6.11. The number of piperidine rings is 1. The van der Waals surface area contributed by atoms with Crippen molar-refractivity contribution in [3.05, 3.63) is 58.7 Å². The molecule has 2 aromatic carbocycles. The highest BCUT2D eigenvalue weighted by atomic mass is 32.2. The second-order valence-electron chi connectivity index (χ2n) is 8.81. The van der Waals surface area contributed by atoms with Crippen LogP contribution < -0.4 is 10.6 Å². The van der Waals surface area contributed by atoms with E-state index in [4.69, 9.17) is 0 Å². The predicted octanol–water partition coefficient (Wildman–Crippen LogP) is 3.61. The van der Waals surface area contributed by atoms with E-state index in [2.05, 4.69) is 10.6 Å². The topological polar surface area (TPSA) is 95.6 Å². The number of benzene rings is 2. The Kier molecular flexibility index (Phi) is 7.92. The van der Waals surface area contributed by atoms with Gasteiger partial charge in [-0.1, -0.05) is 42.3 Å². The Balaban J connectivity index is 1.65. The summed E-state index contributed by atoms with van der Waals surface area (Å²) in [7, 11) is -3.66. The van der Waals surface area contributed by atoms with E-state index >= 15 is 0 Å². The lowest BCUT2D eigenvalue weighted by Gasteiger charge is -2.35. The Morgan fingerprint density at radius 3 is 2.30 bits per heavy atom. The molecule has 0 bridgehead atoms. The fourth-order valence-electron chi connectivity index (χ4n) is 4.59. The lowest BCUT2D eigenvalue weighted by atomic mass is 10.0. The first-order chi connectivity index (χ1) is 15.6. The molecule has 8 heteroatoms. The van der Waals surface area contributed by atoms with Crippen LogP contribution in [0.5, 0.6) is 0 Å². The van der Waals surface area contributed by atoms with Crippen LogP contribution in [0.3, 0.4) is 0 Å². The maximum absolute atomic E-state index is 13.6. The molecule has 1 fully saturated rings. The number of rotatable bonds is 6. The van der Waals surface area contributed by atoms with Crippen molar-refractivity contribution >= 4 is 27.5 Å². The molecule has 7 nitrogen and oxygen atoms in total. The van der Waals surface area contributed by atoms with Gasteiger partial charge < -0.3 is 10.6 Å². The van der Waals surface area contributed by atoms with Gasteiger partial charge in [0.25, 0.3) is 0 Å². The molecular formula is C25H33N3O4S. The molecule has 178 valence electrons. The number of para-hydroxylation sites is 1. The van der Waals surface area contributed by atoms with Crippen LogP contribution in [-0.4, -0.2) is 43.7 Å². The Morgan fingerprint density at radius 1 is 0.970 bits per heavy atom. The van der Waals surface area contributed by atoms with Crippen molar-refractivity contribution in [2.75, 3.05) is 18.4 Å². The Morgan fingerprint density at radius 2 is 1.64 bits per heavy atom. The standard InChI is InChI=1S/C25H33N3O4S/c1-17-15-19(3)23(20(4)16-17)33(31,32)28-14-8-7-10-21(28)12-13-26-24(29)25(30)27-22-11-6-5-9-18(22)2/h5-6,9,11,15-16,21H,7-8,10,12-14H2,1-4H3,(H,26,29)(H,27,30)/t21-/m1/s1. The molecule has 0 spiro atoms. The van der Waals surface area contributed by atoms with Gasteiger partial charge >= 0.3 is 11.8 Å². The van der Waals surface area contributed by atoms with Gasteiger partial charge in [0.15, 0.2) is 0 Å². The first kappa shape index (κ1) is 24.9. The van der Waals surface area contributed by atoms with Crippen molar-refractivity contribution in [1.82, 2.24) is 9.62 Å². The van der Waals surface area contributed by atoms with Gasteiger partial charge in [0.05, 0.1) is 4.90 Å². The highest BCUT2D eigenvalue weighted by Gasteiger charge is 2.35. The van der Waals surface area contributed by atoms with Crippen LogP contribution in [0, 0.1) is 27.7 Å². The zero-order valence-electron chi connectivity index (χ0n) is 19.8. The number of sulfonamides is 1. The van der Waals surface area contributed by atoms with E-state index in [1.807, 2.05) is 52.0 Å². The molecule has 0 saturated carbocycles. The van der Waals surface area contributed by atoms with Gasteiger partial charge in [0.2, 0.25) is 10.0 Å². The summed E-state index contributed by atoms with van der Waals surface area (Å²) in [6.45, 7) is 8.16. The highest BCUT2D eigenvalue weighted by Crippen LogP contribution is 2.31. The summed E-state index contributed by atoms with van der Waals surface area (Å²) < 4.78 is 28.7. The Hall–Kier alpha value is -2.71. The van der Waals surface area contributed by atoms with Crippen LogP contribution in [0.15, 0.2) is 41.3 Å². The minimum Gasteiger partial charge on any atom is -0.348 e. The molecule has 0 aromatic heterocycles. The van der Waals surface area contributed by atoms with Crippen LogP contribution >= 0.6 is 0 Å². The van der Waals surface area contributed by atoms with Gasteiger partial charge in [0.1, 0.15) is 0 Å². The fourth-order valence-corrected chi connectivity index (χ4v) is 6.73. The zero-order chi connectivity index (χ0) is 24.2. The minimum atomic E-state index is -3.66. The Labute approximate surface area is 196 Å². The van der Waals surface area contributed by atoms with Crippen molar-refractivity contribution in [2.45, 2.75) is 64.3 Å². The number of hydrogen-bond acceptors (Lipinski definition) is 4. The van der Waals surface area contributed by atoms with E-state index in [-0.39, 0.29) is 12.6 Å². The molecule has 0 unspecified atom stereocenters. The molecule has 3 rings (SSSR count). The second-order valence-corrected chi connectivity index (χ2v) is 10.6. The van der Waals surface area contributed by atoms with Gasteiger partial charge in [-0.15, -0.1) is 0 Å². The number of hydrogen-bond donors (Lipinski definition) is 2. The van der Waals surface area contributed by atoms with Gasteiger partial charge in [-0.05, 0) is 69.7 Å². The largest absolute Gasteiger partial charge is 0.348 e. The van der Waals surface area contributed by atoms with E-state index < -0.39 is 21.8 Å². The summed E-state index contributed by atoms with van der Waals surface area (Å²) in [5, 5.41) is 5.25. The van der Waals surface area contributed by atoms with E-state index in [1.165, 1.54) is 0 Å². The van der Waals surface area contributed by atoms with Gasteiger partial charge in [-0.25, -0.2) is 8.42 Å². The summed E-state index contributed by atoms with van der Waals surface area (Å²) in [6, 6.07) is 10.8. The molecule has 1 aliphatic rings. The van der Waals surface area contributed by atoms with Crippen LogP contribution in [0.1, 0.15) is 47.9 Å². The van der Waals surface area contributed by atoms with Crippen LogP contribution in [0.4, 0.5) is 5.69 Å². The summed E-state index contributed by atoms with van der Waals surface area (Å²) in [5.74, 6) is -1.46. The fraction of sp³-hybridized carbons (Fsp3) is 0.440. The maximum Gasteiger partial charge on any atom is 0.313 e. The predicted molar refractivity (Wildman–Crippen MR) is 130 cm³/mol. The number of nitrogens with one attached hydrogen (secondary N) is 2. The average Bonchev–Trinajstić information content (AvgIpc) is 2.74. The molecule has 0 aliphatic carbocycles. The highest BCUT2D eigenvalue weighted by molar-refractivity contribution is 7.89. The maximum atomic E-state index is 13.6. The van der Waals surface area contributed by atoms with Crippen LogP contribution in [-0.2, 0) is 19.6 Å². The van der Waals surface area contributed by atoms with E-state index in [9.17, 15) is 18.0 Å². The van der Waals surface area contributed by atoms with Gasteiger partial charge in [-0.3, -0.25) is 9.59 Å². The number of anilines is 1. The number of aryl methyl sites for hydroxylation is 4. The van der Waals surface area contributed by atoms with Gasteiger partial charge in [-0.2, -0.15) is 4.31 Å². The average molecular weight is 472 g/mol. The molecular weight excluding hydrogens is 438 g/mol. The number of amides is 2. The third kappa shape index (κ3) is 5.81. The van der Waals surface area contributed by atoms with Crippen LogP contribution in [0.2, 0.25) is 0 Å². The monoisotopic (exact) mass is 471 g/mol. The third-order valence-corrected chi connectivity index (χ3v) is 8.37. The lowest BCUT2D eigenvalue weighted by molar-refractivity contribution is -0.136. The quantitative estimate of drug-likeness (QED) is 0.629. The van der Waals surface area contributed by atoms with Crippen molar-refractivity contribution in [1.29, 1.82) is 0 Å². The van der Waals surface area contributed by atoms with E-state index in [1.54, 1.807) is 16.4 Å². The van der Waals surface area contributed by atoms with Crippen molar-refractivity contribution in [2.24, 2.45) is 0 Å². The number of nitrogens with zero attached hydrogens (tertiary/aromatic N) is 1. The summed E-state index contributed by atoms with van der Waals surface area (Å²) >= 11 is 0. The van der Waals surface area contributed by atoms with E-state index in [0.29, 0.717) is 23.5 Å². The molecule has 2 aromatic rings. The Bertz CT molecular complexity index is 1120. The van der Waals surface area contributed by atoms with Crippen molar-refractivity contribution < 1.29 is 18.0 Å². The number of carbonyl (C=O) groups is 2. The SMILES string of the molecule is Cc1cc(C)c(S(=O)(=O)N2CCCC[C@@H]2CCNC(=O)C(=O)Nc2ccccc2C)c(C)c1. The van der Waals surface area contributed by atoms with E-state index in [0.717, 1.165) is 41.5 Å². The first-order valence-electron chi connectivity index (χ1n) is 11.4. The molecule has 0 radical (unpaired) electrons.